The lowest BCUT2D eigenvalue weighted by molar-refractivity contribution is 0.835. The molecule has 41 heavy (non-hydrogen) atoms. The summed E-state index contributed by atoms with van der Waals surface area (Å²) in [6, 6.07) is 32.2. The summed E-state index contributed by atoms with van der Waals surface area (Å²) >= 11 is 0. The Kier molecular flexibility index (Phi) is 4.75. The highest BCUT2D eigenvalue weighted by Crippen LogP contribution is 2.41. The molecule has 0 radical (unpaired) electrons. The molecular formula is C35H26N6. The Labute approximate surface area is 236 Å². The summed E-state index contributed by atoms with van der Waals surface area (Å²) in [5, 5.41) is 4.90. The van der Waals surface area contributed by atoms with E-state index in [0.29, 0.717) is 12.5 Å². The van der Waals surface area contributed by atoms with Crippen molar-refractivity contribution in [2.24, 2.45) is 15.0 Å². The largest absolute Gasteiger partial charge is 0.320 e. The summed E-state index contributed by atoms with van der Waals surface area (Å²) < 4.78 is 4.74. The Hall–Kier alpha value is -5.23. The van der Waals surface area contributed by atoms with Crippen molar-refractivity contribution < 1.29 is 0 Å². The topological polar surface area (TPSA) is 50.2 Å². The van der Waals surface area contributed by atoms with Crippen LogP contribution in [0.3, 0.4) is 0 Å². The number of amidine groups is 1. The zero-order valence-corrected chi connectivity index (χ0v) is 22.4. The highest BCUT2D eigenvalue weighted by molar-refractivity contribution is 6.27. The normalized spacial score (nSPS) is 18.4. The molecule has 4 aromatic carbocycles. The van der Waals surface area contributed by atoms with Gasteiger partial charge in [0.2, 0.25) is 5.96 Å². The maximum absolute atomic E-state index is 5.13. The van der Waals surface area contributed by atoms with Crippen LogP contribution in [0, 0.1) is 0 Å². The van der Waals surface area contributed by atoms with Crippen LogP contribution in [0.25, 0.3) is 49.3 Å². The van der Waals surface area contributed by atoms with E-state index in [0.717, 1.165) is 35.4 Å². The zero-order valence-electron chi connectivity index (χ0n) is 22.4. The fourth-order valence-electron chi connectivity index (χ4n) is 6.74. The number of aliphatic imine (C=N–C) groups is 3. The van der Waals surface area contributed by atoms with Gasteiger partial charge in [-0.15, -0.1) is 0 Å². The Balaban J connectivity index is 1.33. The number of allylic oxidation sites excluding steroid dienone is 4. The van der Waals surface area contributed by atoms with Crippen LogP contribution >= 0.6 is 0 Å². The first kappa shape index (κ1) is 22.6. The van der Waals surface area contributed by atoms with E-state index in [1.54, 1.807) is 0 Å². The van der Waals surface area contributed by atoms with Crippen molar-refractivity contribution >= 4 is 73.1 Å². The molecule has 196 valence electrons. The minimum absolute atomic E-state index is 0.000102. The van der Waals surface area contributed by atoms with E-state index in [-0.39, 0.29) is 6.04 Å². The van der Waals surface area contributed by atoms with Gasteiger partial charge in [-0.3, -0.25) is 4.57 Å². The van der Waals surface area contributed by atoms with Gasteiger partial charge in [-0.2, -0.15) is 4.99 Å². The second-order valence-electron chi connectivity index (χ2n) is 10.8. The molecule has 0 saturated heterocycles. The minimum Gasteiger partial charge on any atom is -0.320 e. The maximum Gasteiger partial charge on any atom is 0.231 e. The number of hydrogen-bond acceptors (Lipinski definition) is 4. The average molecular weight is 531 g/mol. The standard InChI is InChI=1S/C35H26N6/c1-3-11-23(12-4-1)39-22-37-34-31(39)21-36-35(38-34)41-30-18-10-8-16-26(30)28-20-19-27-25-15-7-9-17-29(25)40(32(27)33(28)41)24-13-5-2-6-14-24/h1-5,7-13,15-20,22,31H,6,14,21H2. The molecule has 0 bridgehead atoms. The molecule has 0 N–H and O–H groups in total. The van der Waals surface area contributed by atoms with Crippen molar-refractivity contribution in [2.75, 3.05) is 11.4 Å². The van der Waals surface area contributed by atoms with Crippen molar-refractivity contribution in [1.82, 2.24) is 9.13 Å². The summed E-state index contributed by atoms with van der Waals surface area (Å²) in [6.45, 7) is 0.589. The van der Waals surface area contributed by atoms with E-state index in [1.165, 1.54) is 38.3 Å². The van der Waals surface area contributed by atoms with Crippen LogP contribution in [0.4, 0.5) is 5.69 Å². The predicted molar refractivity (Wildman–Crippen MR) is 171 cm³/mol. The van der Waals surface area contributed by atoms with Gasteiger partial charge in [0.1, 0.15) is 6.04 Å². The molecule has 0 fully saturated rings. The molecule has 6 nitrogen and oxygen atoms in total. The van der Waals surface area contributed by atoms with Crippen molar-refractivity contribution in [3.63, 3.8) is 0 Å². The SMILES string of the molecule is C1=CCCC(n2c3ccccc3c3ccc4c5ccccc5n(C5=NCC6C(=N5)N=CN6c5ccccc5)c4c32)=C1. The molecule has 2 aromatic heterocycles. The molecule has 2 aliphatic heterocycles. The van der Waals surface area contributed by atoms with Gasteiger partial charge < -0.3 is 9.47 Å². The zero-order chi connectivity index (χ0) is 26.9. The van der Waals surface area contributed by atoms with Crippen molar-refractivity contribution in [3.8, 4) is 0 Å². The number of aromatic nitrogens is 2. The predicted octanol–water partition coefficient (Wildman–Crippen LogP) is 7.63. The van der Waals surface area contributed by atoms with Crippen LogP contribution in [0.5, 0.6) is 0 Å². The number of fused-ring (bicyclic) bond motifs is 8. The third-order valence-corrected chi connectivity index (χ3v) is 8.57. The van der Waals surface area contributed by atoms with Crippen LogP contribution < -0.4 is 4.90 Å². The lowest BCUT2D eigenvalue weighted by Crippen LogP contribution is -2.39. The molecule has 4 heterocycles. The monoisotopic (exact) mass is 530 g/mol. The van der Waals surface area contributed by atoms with E-state index in [4.69, 9.17) is 15.0 Å². The summed E-state index contributed by atoms with van der Waals surface area (Å²) in [4.78, 5) is 17.2. The molecule has 0 spiro atoms. The van der Waals surface area contributed by atoms with Crippen LogP contribution in [0.2, 0.25) is 0 Å². The number of nitrogens with zero attached hydrogens (tertiary/aromatic N) is 6. The van der Waals surface area contributed by atoms with Gasteiger partial charge in [0.25, 0.3) is 0 Å². The van der Waals surface area contributed by atoms with Gasteiger partial charge >= 0.3 is 0 Å². The summed E-state index contributed by atoms with van der Waals surface area (Å²) in [6.07, 6.45) is 10.6. The fraction of sp³-hybridized carbons (Fsp3) is 0.114. The Bertz CT molecular complexity index is 2190. The molecule has 1 unspecified atom stereocenters. The van der Waals surface area contributed by atoms with Crippen LogP contribution in [-0.2, 0) is 0 Å². The van der Waals surface area contributed by atoms with E-state index in [2.05, 4.69) is 117 Å². The van der Waals surface area contributed by atoms with Crippen molar-refractivity contribution in [2.45, 2.75) is 18.9 Å². The lowest BCUT2D eigenvalue weighted by atomic mass is 10.1. The number of para-hydroxylation sites is 3. The molecule has 1 aliphatic carbocycles. The summed E-state index contributed by atoms with van der Waals surface area (Å²) in [5.74, 6) is 1.49. The van der Waals surface area contributed by atoms with E-state index >= 15 is 0 Å². The fourth-order valence-corrected chi connectivity index (χ4v) is 6.74. The first-order valence-electron chi connectivity index (χ1n) is 14.2. The van der Waals surface area contributed by atoms with E-state index in [1.807, 2.05) is 12.4 Å². The molecule has 6 heteroatoms. The van der Waals surface area contributed by atoms with Gasteiger partial charge in [-0.25, -0.2) is 9.98 Å². The number of rotatable bonds is 2. The Morgan fingerprint density at radius 3 is 2.10 bits per heavy atom. The molecule has 3 aliphatic rings. The second kappa shape index (κ2) is 8.63. The lowest BCUT2D eigenvalue weighted by Gasteiger charge is -2.25. The minimum atomic E-state index is -0.000102. The summed E-state index contributed by atoms with van der Waals surface area (Å²) in [7, 11) is 0. The third-order valence-electron chi connectivity index (χ3n) is 8.57. The number of anilines is 1. The highest BCUT2D eigenvalue weighted by Gasteiger charge is 2.32. The quantitative estimate of drug-likeness (QED) is 0.227. The van der Waals surface area contributed by atoms with Gasteiger partial charge in [-0.1, -0.05) is 78.9 Å². The van der Waals surface area contributed by atoms with Gasteiger partial charge in [-0.05, 0) is 43.2 Å². The van der Waals surface area contributed by atoms with E-state index in [9.17, 15) is 0 Å². The Morgan fingerprint density at radius 2 is 1.37 bits per heavy atom. The van der Waals surface area contributed by atoms with Gasteiger partial charge in [0, 0.05) is 32.9 Å². The van der Waals surface area contributed by atoms with Crippen molar-refractivity contribution in [1.29, 1.82) is 0 Å². The Morgan fingerprint density at radius 1 is 0.683 bits per heavy atom. The van der Waals surface area contributed by atoms with Crippen LogP contribution in [-0.4, -0.2) is 39.9 Å². The summed E-state index contributed by atoms with van der Waals surface area (Å²) in [5.41, 5.74) is 7.07. The average Bonchev–Trinajstić information content (AvgIpc) is 3.71. The van der Waals surface area contributed by atoms with Gasteiger partial charge in [0.15, 0.2) is 5.84 Å². The maximum atomic E-state index is 5.13. The first-order chi connectivity index (χ1) is 20.4. The number of hydrogen-bond donors (Lipinski definition) is 0. The molecule has 0 amide bonds. The smallest absolute Gasteiger partial charge is 0.231 e. The van der Waals surface area contributed by atoms with Crippen LogP contribution in [0.1, 0.15) is 12.8 Å². The molecular weight excluding hydrogens is 504 g/mol. The molecule has 1 atom stereocenters. The van der Waals surface area contributed by atoms with Crippen molar-refractivity contribution in [3.05, 3.63) is 109 Å². The second-order valence-corrected chi connectivity index (χ2v) is 10.8. The number of benzene rings is 4. The third kappa shape index (κ3) is 3.21. The van der Waals surface area contributed by atoms with Gasteiger partial charge in [0.05, 0.1) is 35.0 Å². The molecule has 6 aromatic rings. The first-order valence-corrected chi connectivity index (χ1v) is 14.2. The highest BCUT2D eigenvalue weighted by atomic mass is 15.3. The molecule has 0 saturated carbocycles. The molecule has 9 rings (SSSR count). The van der Waals surface area contributed by atoms with E-state index < -0.39 is 0 Å². The van der Waals surface area contributed by atoms with Crippen LogP contribution in [0.15, 0.2) is 124 Å².